The first-order valence-corrected chi connectivity index (χ1v) is 8.46. The maximum atomic E-state index is 13.1. The van der Waals surface area contributed by atoms with E-state index in [1.807, 2.05) is 0 Å². The van der Waals surface area contributed by atoms with Gasteiger partial charge in [0.25, 0.3) is 0 Å². The van der Waals surface area contributed by atoms with Crippen molar-refractivity contribution in [2.45, 2.75) is 25.5 Å². The number of sulfonamides is 1. The highest BCUT2D eigenvalue weighted by Crippen LogP contribution is 2.27. The number of nitrogens with one attached hydrogen (secondary N) is 2. The molecule has 1 heterocycles. The topological polar surface area (TPSA) is 58.2 Å². The van der Waals surface area contributed by atoms with E-state index in [0.717, 1.165) is 25.9 Å². The van der Waals surface area contributed by atoms with Gasteiger partial charge in [0, 0.05) is 6.54 Å². The molecule has 7 heteroatoms. The van der Waals surface area contributed by atoms with Gasteiger partial charge in [-0.3, -0.25) is 0 Å². The van der Waals surface area contributed by atoms with Crippen LogP contribution in [0.4, 0.5) is 4.39 Å². The molecule has 1 aliphatic rings. The number of rotatable bonds is 5. The lowest BCUT2D eigenvalue weighted by molar-refractivity contribution is 0.232. The Hall–Kier alpha value is -0.690. The van der Waals surface area contributed by atoms with Crippen LogP contribution in [0, 0.1) is 11.2 Å². The summed E-state index contributed by atoms with van der Waals surface area (Å²) in [6.07, 6.45) is 1.91. The fourth-order valence-corrected chi connectivity index (χ4v) is 3.68. The van der Waals surface area contributed by atoms with Crippen LogP contribution in [0.2, 0.25) is 0 Å². The van der Waals surface area contributed by atoms with Crippen molar-refractivity contribution in [2.24, 2.45) is 5.41 Å². The Bertz CT molecular complexity index is 560. The Morgan fingerprint density at radius 2 is 2.00 bits per heavy atom. The molecular weight excluding hydrogens is 315 g/mol. The molecule has 1 saturated heterocycles. The molecule has 0 saturated carbocycles. The van der Waals surface area contributed by atoms with Crippen LogP contribution >= 0.6 is 12.4 Å². The van der Waals surface area contributed by atoms with Gasteiger partial charge in [-0.05, 0) is 49.0 Å². The van der Waals surface area contributed by atoms with Crippen molar-refractivity contribution >= 4 is 22.4 Å². The summed E-state index contributed by atoms with van der Waals surface area (Å²) >= 11 is 0. The van der Waals surface area contributed by atoms with E-state index in [0.29, 0.717) is 12.1 Å². The van der Waals surface area contributed by atoms with Crippen LogP contribution in [0.15, 0.2) is 24.3 Å². The number of benzene rings is 1. The summed E-state index contributed by atoms with van der Waals surface area (Å²) in [4.78, 5) is 0. The first-order chi connectivity index (χ1) is 9.39. The molecule has 1 aliphatic heterocycles. The van der Waals surface area contributed by atoms with Gasteiger partial charge in [-0.15, -0.1) is 12.4 Å². The predicted molar refractivity (Wildman–Crippen MR) is 84.5 cm³/mol. The van der Waals surface area contributed by atoms with E-state index in [2.05, 4.69) is 17.0 Å². The first kappa shape index (κ1) is 18.4. The van der Waals surface area contributed by atoms with Crippen LogP contribution in [0.5, 0.6) is 0 Å². The van der Waals surface area contributed by atoms with Crippen molar-refractivity contribution in [3.05, 3.63) is 35.6 Å². The maximum absolute atomic E-state index is 13.1. The zero-order chi connectivity index (χ0) is 14.6. The second kappa shape index (κ2) is 7.54. The molecule has 0 spiro atoms. The molecular formula is C14H22ClFN2O2S. The summed E-state index contributed by atoms with van der Waals surface area (Å²) in [5.41, 5.74) is 0.466. The molecule has 0 atom stereocenters. The van der Waals surface area contributed by atoms with Crippen LogP contribution in [0.25, 0.3) is 0 Å². The summed E-state index contributed by atoms with van der Waals surface area (Å²) in [7, 11) is -3.43. The zero-order valence-corrected chi connectivity index (χ0v) is 13.7. The lowest BCUT2D eigenvalue weighted by Crippen LogP contribution is -2.43. The average Bonchev–Trinajstić information content (AvgIpc) is 2.37. The molecule has 1 aromatic carbocycles. The van der Waals surface area contributed by atoms with Gasteiger partial charge in [0.2, 0.25) is 10.0 Å². The molecule has 4 nitrogen and oxygen atoms in total. The molecule has 120 valence electrons. The van der Waals surface area contributed by atoms with Gasteiger partial charge in [-0.2, -0.15) is 0 Å². The van der Waals surface area contributed by atoms with E-state index >= 15 is 0 Å². The van der Waals surface area contributed by atoms with Crippen LogP contribution in [-0.2, 0) is 15.8 Å². The van der Waals surface area contributed by atoms with Crippen molar-refractivity contribution in [2.75, 3.05) is 19.6 Å². The third-order valence-corrected chi connectivity index (χ3v) is 5.07. The number of halogens is 2. The van der Waals surface area contributed by atoms with Gasteiger partial charge < -0.3 is 5.32 Å². The highest BCUT2D eigenvalue weighted by molar-refractivity contribution is 7.88. The first-order valence-electron chi connectivity index (χ1n) is 6.81. The van der Waals surface area contributed by atoms with Crippen molar-refractivity contribution in [3.8, 4) is 0 Å². The maximum Gasteiger partial charge on any atom is 0.215 e. The average molecular weight is 337 g/mol. The molecule has 1 fully saturated rings. The third kappa shape index (κ3) is 5.90. The van der Waals surface area contributed by atoms with Crippen LogP contribution in [0.1, 0.15) is 25.3 Å². The van der Waals surface area contributed by atoms with E-state index in [1.54, 1.807) is 6.07 Å². The fraction of sp³-hybridized carbons (Fsp3) is 0.571. The second-order valence-corrected chi connectivity index (χ2v) is 7.58. The zero-order valence-electron chi connectivity index (χ0n) is 12.1. The summed E-state index contributed by atoms with van der Waals surface area (Å²) in [6.45, 7) is 4.37. The number of hydrogen-bond donors (Lipinski definition) is 2. The van der Waals surface area contributed by atoms with E-state index in [-0.39, 0.29) is 23.6 Å². The van der Waals surface area contributed by atoms with Crippen molar-refractivity contribution in [1.29, 1.82) is 0 Å². The number of piperidine rings is 1. The van der Waals surface area contributed by atoms with Gasteiger partial charge in [0.1, 0.15) is 5.82 Å². The van der Waals surface area contributed by atoms with Gasteiger partial charge in [0.05, 0.1) is 5.75 Å². The summed E-state index contributed by atoms with van der Waals surface area (Å²) in [5, 5.41) is 3.26. The molecule has 0 bridgehead atoms. The largest absolute Gasteiger partial charge is 0.317 e. The van der Waals surface area contributed by atoms with E-state index in [9.17, 15) is 12.8 Å². The van der Waals surface area contributed by atoms with Crippen LogP contribution in [0.3, 0.4) is 0 Å². The molecule has 0 radical (unpaired) electrons. The SMILES string of the molecule is CC1(CNS(=O)(=O)Cc2cccc(F)c2)CCNCC1.Cl. The minimum atomic E-state index is -3.43. The molecule has 0 aliphatic carbocycles. The van der Waals surface area contributed by atoms with Gasteiger partial charge in [-0.25, -0.2) is 17.5 Å². The molecule has 21 heavy (non-hydrogen) atoms. The molecule has 0 amide bonds. The molecule has 0 unspecified atom stereocenters. The fourth-order valence-electron chi connectivity index (χ4n) is 2.39. The third-order valence-electron chi connectivity index (χ3n) is 3.78. The summed E-state index contributed by atoms with van der Waals surface area (Å²) in [6, 6.07) is 5.70. The molecule has 2 rings (SSSR count). The van der Waals surface area contributed by atoms with Crippen LogP contribution in [-0.4, -0.2) is 28.1 Å². The number of hydrogen-bond acceptors (Lipinski definition) is 3. The van der Waals surface area contributed by atoms with Crippen molar-refractivity contribution in [1.82, 2.24) is 10.0 Å². The molecule has 2 N–H and O–H groups in total. The van der Waals surface area contributed by atoms with Gasteiger partial charge in [-0.1, -0.05) is 19.1 Å². The lowest BCUT2D eigenvalue weighted by Gasteiger charge is -2.34. The lowest BCUT2D eigenvalue weighted by atomic mass is 9.81. The summed E-state index contributed by atoms with van der Waals surface area (Å²) in [5.74, 6) is -0.595. The quantitative estimate of drug-likeness (QED) is 0.865. The van der Waals surface area contributed by atoms with Gasteiger partial charge >= 0.3 is 0 Å². The highest BCUT2D eigenvalue weighted by atomic mass is 35.5. The highest BCUT2D eigenvalue weighted by Gasteiger charge is 2.28. The predicted octanol–water partition coefficient (Wildman–Crippen LogP) is 2.06. The minimum absolute atomic E-state index is 0. The normalized spacial score (nSPS) is 18.0. The Balaban J connectivity index is 0.00000220. The Labute approximate surface area is 132 Å². The van der Waals surface area contributed by atoms with Crippen LogP contribution < -0.4 is 10.0 Å². The standard InChI is InChI=1S/C14H21FN2O2S.ClH/c1-14(5-7-16-8-6-14)11-17-20(18,19)10-12-3-2-4-13(15)9-12;/h2-4,9,16-17H,5-8,10-11H2,1H3;1H. The molecule has 0 aromatic heterocycles. The monoisotopic (exact) mass is 336 g/mol. The smallest absolute Gasteiger partial charge is 0.215 e. The Morgan fingerprint density at radius 3 is 2.62 bits per heavy atom. The Morgan fingerprint density at radius 1 is 1.33 bits per heavy atom. The van der Waals surface area contributed by atoms with Crippen molar-refractivity contribution < 1.29 is 12.8 Å². The van der Waals surface area contributed by atoms with E-state index in [1.165, 1.54) is 18.2 Å². The van der Waals surface area contributed by atoms with Gasteiger partial charge in [0.15, 0.2) is 0 Å². The van der Waals surface area contributed by atoms with E-state index < -0.39 is 15.8 Å². The summed E-state index contributed by atoms with van der Waals surface area (Å²) < 4.78 is 39.8. The van der Waals surface area contributed by atoms with Crippen molar-refractivity contribution in [3.63, 3.8) is 0 Å². The minimum Gasteiger partial charge on any atom is -0.317 e. The van der Waals surface area contributed by atoms with E-state index in [4.69, 9.17) is 0 Å². The Kier molecular flexibility index (Phi) is 6.59. The molecule has 1 aromatic rings. The second-order valence-electron chi connectivity index (χ2n) is 5.77.